The van der Waals surface area contributed by atoms with Gasteiger partial charge in [0.1, 0.15) is 6.54 Å². The Hall–Kier alpha value is -2.24. The van der Waals surface area contributed by atoms with Crippen LogP contribution in [0.1, 0.15) is 40.2 Å². The molecule has 1 atom stereocenters. The minimum absolute atomic E-state index is 0.174. The first-order valence-electron chi connectivity index (χ1n) is 10.1. The lowest BCUT2D eigenvalue weighted by Gasteiger charge is -2.18. The van der Waals surface area contributed by atoms with Crippen molar-refractivity contribution in [3.05, 3.63) is 69.0 Å². The molecule has 0 saturated heterocycles. The van der Waals surface area contributed by atoms with Gasteiger partial charge in [0.25, 0.3) is 0 Å². The zero-order chi connectivity index (χ0) is 27.3. The van der Waals surface area contributed by atoms with Crippen molar-refractivity contribution >= 4 is 52.7 Å². The summed E-state index contributed by atoms with van der Waals surface area (Å²) in [5.41, 5.74) is 0.121. The van der Waals surface area contributed by atoms with Crippen molar-refractivity contribution < 1.29 is 40.3 Å². The summed E-state index contributed by atoms with van der Waals surface area (Å²) in [6, 6.07) is 5.87. The van der Waals surface area contributed by atoms with E-state index in [0.717, 1.165) is 30.0 Å². The first kappa shape index (κ1) is 30.0. The van der Waals surface area contributed by atoms with Crippen LogP contribution in [0.5, 0.6) is 0 Å². The van der Waals surface area contributed by atoms with E-state index in [1.165, 1.54) is 24.3 Å². The van der Waals surface area contributed by atoms with Gasteiger partial charge in [-0.15, -0.1) is 11.8 Å². The Balaban J connectivity index is 2.21. The SMILES string of the molecule is CSc1cc(/C=C/C(c2cc(Cl)c(F)c(Cl)c2)C(F)(F)F)ccc1C(=O)CCC(=O)NCC(F)(F)F. The topological polar surface area (TPSA) is 46.2 Å². The minimum atomic E-state index is -4.74. The van der Waals surface area contributed by atoms with Gasteiger partial charge in [0.2, 0.25) is 5.91 Å². The number of hydrogen-bond acceptors (Lipinski definition) is 3. The number of benzene rings is 2. The Morgan fingerprint density at radius 2 is 1.64 bits per heavy atom. The molecule has 0 heterocycles. The smallest absolute Gasteiger partial charge is 0.347 e. The number of halogens is 9. The second-order valence-electron chi connectivity index (χ2n) is 7.45. The van der Waals surface area contributed by atoms with E-state index in [9.17, 15) is 40.3 Å². The van der Waals surface area contributed by atoms with E-state index in [1.54, 1.807) is 11.6 Å². The Labute approximate surface area is 216 Å². The van der Waals surface area contributed by atoms with Gasteiger partial charge in [-0.1, -0.05) is 41.4 Å². The van der Waals surface area contributed by atoms with Crippen molar-refractivity contribution in [3.8, 4) is 0 Å². The van der Waals surface area contributed by atoms with E-state index in [-0.39, 0.29) is 17.5 Å². The van der Waals surface area contributed by atoms with Crippen LogP contribution < -0.4 is 5.32 Å². The normalized spacial score (nSPS) is 13.2. The number of carbonyl (C=O) groups is 2. The number of allylic oxidation sites excluding steroid dienone is 1. The summed E-state index contributed by atoms with van der Waals surface area (Å²) in [5.74, 6) is -4.64. The molecule has 1 N–H and O–H groups in total. The highest BCUT2D eigenvalue weighted by atomic mass is 35.5. The van der Waals surface area contributed by atoms with E-state index in [2.05, 4.69) is 0 Å². The number of hydrogen-bond donors (Lipinski definition) is 1. The summed E-state index contributed by atoms with van der Waals surface area (Å²) in [7, 11) is 0. The number of Topliss-reactive ketones (excluding diaryl/α,β-unsaturated/α-hetero) is 1. The second kappa shape index (κ2) is 12.3. The Kier molecular flexibility index (Phi) is 10.3. The van der Waals surface area contributed by atoms with Gasteiger partial charge in [0, 0.05) is 23.3 Å². The van der Waals surface area contributed by atoms with Crippen LogP contribution in [0.4, 0.5) is 30.7 Å². The molecule has 1 amide bonds. The van der Waals surface area contributed by atoms with E-state index in [1.807, 2.05) is 0 Å². The molecule has 13 heteroatoms. The molecule has 0 aromatic heterocycles. The number of ketones is 1. The molecule has 0 saturated carbocycles. The molecule has 196 valence electrons. The molecule has 2 rings (SSSR count). The summed E-state index contributed by atoms with van der Waals surface area (Å²) >= 11 is 12.4. The molecule has 0 aliphatic heterocycles. The van der Waals surface area contributed by atoms with Crippen LogP contribution in [0, 0.1) is 5.82 Å². The van der Waals surface area contributed by atoms with Crippen LogP contribution in [-0.4, -0.2) is 36.8 Å². The standard InChI is InChI=1S/C23H18Cl2F7NO2S/c1-36-19-8-12(2-4-14(19)18(34)6-7-20(35)33-11-22(27,28)29)3-5-15(23(30,31)32)13-9-16(24)21(26)17(25)10-13/h2-5,8-10,15H,6-7,11H2,1H3,(H,33,35)/b5-3+. The molecule has 2 aromatic carbocycles. The van der Waals surface area contributed by atoms with Crippen LogP contribution in [-0.2, 0) is 4.79 Å². The molecule has 0 aliphatic carbocycles. The summed E-state index contributed by atoms with van der Waals surface area (Å²) in [6.07, 6.45) is -6.50. The van der Waals surface area contributed by atoms with Gasteiger partial charge in [-0.05, 0) is 41.6 Å². The van der Waals surface area contributed by atoms with Crippen molar-refractivity contribution in [1.82, 2.24) is 5.32 Å². The van der Waals surface area contributed by atoms with Crippen molar-refractivity contribution in [2.45, 2.75) is 36.0 Å². The highest BCUT2D eigenvalue weighted by Gasteiger charge is 2.39. The number of rotatable bonds is 9. The molecular formula is C23H18Cl2F7NO2S. The third-order valence-electron chi connectivity index (χ3n) is 4.79. The summed E-state index contributed by atoms with van der Waals surface area (Å²) in [4.78, 5) is 24.4. The van der Waals surface area contributed by atoms with Crippen LogP contribution >= 0.6 is 35.0 Å². The van der Waals surface area contributed by atoms with Crippen LogP contribution in [0.2, 0.25) is 10.0 Å². The number of amides is 1. The molecule has 0 aliphatic rings. The first-order valence-corrected chi connectivity index (χ1v) is 12.0. The molecule has 0 bridgehead atoms. The summed E-state index contributed by atoms with van der Waals surface area (Å²) < 4.78 is 91.2. The van der Waals surface area contributed by atoms with E-state index >= 15 is 0 Å². The summed E-state index contributed by atoms with van der Waals surface area (Å²) in [5, 5.41) is 0.559. The monoisotopic (exact) mass is 575 g/mol. The number of thioether (sulfide) groups is 1. The molecule has 2 aromatic rings. The second-order valence-corrected chi connectivity index (χ2v) is 9.11. The van der Waals surface area contributed by atoms with Gasteiger partial charge < -0.3 is 5.32 Å². The fourth-order valence-corrected chi connectivity index (χ4v) is 4.22. The van der Waals surface area contributed by atoms with Gasteiger partial charge in [-0.2, -0.15) is 26.3 Å². The lowest BCUT2D eigenvalue weighted by atomic mass is 9.96. The Morgan fingerprint density at radius 1 is 1.03 bits per heavy atom. The average molecular weight is 576 g/mol. The van der Waals surface area contributed by atoms with Gasteiger partial charge in [-0.3, -0.25) is 9.59 Å². The molecule has 3 nitrogen and oxygen atoms in total. The van der Waals surface area contributed by atoms with E-state index < -0.39 is 58.8 Å². The lowest BCUT2D eigenvalue weighted by Crippen LogP contribution is -2.33. The molecule has 1 unspecified atom stereocenters. The van der Waals surface area contributed by atoms with Gasteiger partial charge in [0.05, 0.1) is 16.0 Å². The maximum Gasteiger partial charge on any atom is 0.405 e. The Morgan fingerprint density at radius 3 is 2.17 bits per heavy atom. The van der Waals surface area contributed by atoms with Crippen molar-refractivity contribution in [2.24, 2.45) is 0 Å². The van der Waals surface area contributed by atoms with E-state index in [4.69, 9.17) is 23.2 Å². The van der Waals surface area contributed by atoms with Crippen molar-refractivity contribution in [2.75, 3.05) is 12.8 Å². The molecule has 36 heavy (non-hydrogen) atoms. The first-order chi connectivity index (χ1) is 16.6. The fourth-order valence-electron chi connectivity index (χ4n) is 3.06. The van der Waals surface area contributed by atoms with Crippen LogP contribution in [0.15, 0.2) is 41.3 Å². The van der Waals surface area contributed by atoms with Crippen molar-refractivity contribution in [3.63, 3.8) is 0 Å². The van der Waals surface area contributed by atoms with Crippen molar-refractivity contribution in [1.29, 1.82) is 0 Å². The van der Waals surface area contributed by atoms with Crippen LogP contribution in [0.3, 0.4) is 0 Å². The highest BCUT2D eigenvalue weighted by molar-refractivity contribution is 7.98. The molecular weight excluding hydrogens is 558 g/mol. The number of nitrogens with one attached hydrogen (secondary N) is 1. The third kappa shape index (κ3) is 8.70. The molecule has 0 fully saturated rings. The van der Waals surface area contributed by atoms with Gasteiger partial charge in [0.15, 0.2) is 11.6 Å². The average Bonchev–Trinajstić information content (AvgIpc) is 2.78. The zero-order valence-electron chi connectivity index (χ0n) is 18.4. The maximum absolute atomic E-state index is 13.7. The lowest BCUT2D eigenvalue weighted by molar-refractivity contribution is -0.139. The largest absolute Gasteiger partial charge is 0.405 e. The maximum atomic E-state index is 13.7. The van der Waals surface area contributed by atoms with Crippen LogP contribution in [0.25, 0.3) is 6.08 Å². The zero-order valence-corrected chi connectivity index (χ0v) is 20.7. The van der Waals surface area contributed by atoms with Gasteiger partial charge >= 0.3 is 12.4 Å². The predicted molar refractivity (Wildman–Crippen MR) is 125 cm³/mol. The van der Waals surface area contributed by atoms with E-state index in [0.29, 0.717) is 10.5 Å². The third-order valence-corrected chi connectivity index (χ3v) is 6.12. The quantitative estimate of drug-likeness (QED) is 0.143. The highest BCUT2D eigenvalue weighted by Crippen LogP contribution is 2.39. The Bertz CT molecular complexity index is 1130. The fraction of sp³-hybridized carbons (Fsp3) is 0.304. The number of alkyl halides is 6. The molecule has 0 spiro atoms. The molecule has 0 radical (unpaired) electrons. The number of carbonyl (C=O) groups excluding carboxylic acids is 2. The predicted octanol–water partition coefficient (Wildman–Crippen LogP) is 7.86. The summed E-state index contributed by atoms with van der Waals surface area (Å²) in [6.45, 7) is -1.51. The minimum Gasteiger partial charge on any atom is -0.347 e. The van der Waals surface area contributed by atoms with Gasteiger partial charge in [-0.25, -0.2) is 4.39 Å².